The molecule has 1 unspecified atom stereocenters. The van der Waals surface area contributed by atoms with E-state index in [1.165, 1.54) is 0 Å². The van der Waals surface area contributed by atoms with Crippen LogP contribution in [0.1, 0.15) is 25.5 Å². The number of fused-ring (bicyclic) bond motifs is 1. The number of imidazole rings is 1. The molecule has 5 heteroatoms. The smallest absolute Gasteiger partial charge is 0.228 e. The Labute approximate surface area is 117 Å². The van der Waals surface area contributed by atoms with Crippen LogP contribution in [0.15, 0.2) is 30.6 Å². The van der Waals surface area contributed by atoms with Crippen LogP contribution in [0, 0.1) is 0 Å². The number of carbonyl (C=O) groups is 1. The lowest BCUT2D eigenvalue weighted by atomic mass is 9.95. The highest BCUT2D eigenvalue weighted by Gasteiger charge is 2.30. The Hall–Kier alpha value is -1.88. The van der Waals surface area contributed by atoms with Gasteiger partial charge < -0.3 is 14.4 Å². The largest absolute Gasteiger partial charge is 0.388 e. The first kappa shape index (κ1) is 13.1. The van der Waals surface area contributed by atoms with E-state index < -0.39 is 5.60 Å². The summed E-state index contributed by atoms with van der Waals surface area (Å²) < 4.78 is 1.91. The number of hydrogen-bond donors (Lipinski definition) is 1. The molecule has 0 saturated carbocycles. The van der Waals surface area contributed by atoms with Crippen LogP contribution in [-0.4, -0.2) is 44.0 Å². The van der Waals surface area contributed by atoms with Gasteiger partial charge in [-0.1, -0.05) is 6.07 Å². The molecule has 3 rings (SSSR count). The lowest BCUT2D eigenvalue weighted by Gasteiger charge is -2.36. The second kappa shape index (κ2) is 4.90. The van der Waals surface area contributed by atoms with Crippen LogP contribution < -0.4 is 0 Å². The number of aromatic nitrogens is 2. The molecule has 0 aliphatic carbocycles. The minimum Gasteiger partial charge on any atom is -0.388 e. The maximum atomic E-state index is 12.3. The number of aliphatic hydroxyl groups is 1. The summed E-state index contributed by atoms with van der Waals surface area (Å²) in [5.41, 5.74) is 0.861. The molecule has 1 amide bonds. The third kappa shape index (κ3) is 2.67. The SMILES string of the molecule is CC1(O)CCCN(C(=O)Cc2cn3ccccc3n2)C1. The summed E-state index contributed by atoms with van der Waals surface area (Å²) >= 11 is 0. The van der Waals surface area contributed by atoms with Crippen molar-refractivity contribution in [1.82, 2.24) is 14.3 Å². The number of nitrogens with zero attached hydrogens (tertiary/aromatic N) is 3. The van der Waals surface area contributed by atoms with E-state index in [-0.39, 0.29) is 12.3 Å². The normalized spacial score (nSPS) is 23.2. The molecule has 0 aromatic carbocycles. The third-order valence-electron chi connectivity index (χ3n) is 3.77. The molecule has 1 N–H and O–H groups in total. The molecular formula is C15H19N3O2. The second-order valence-electron chi connectivity index (χ2n) is 5.79. The number of piperidine rings is 1. The van der Waals surface area contributed by atoms with Crippen LogP contribution in [0.4, 0.5) is 0 Å². The van der Waals surface area contributed by atoms with Crippen molar-refractivity contribution < 1.29 is 9.90 Å². The number of amides is 1. The highest BCUT2D eigenvalue weighted by atomic mass is 16.3. The molecule has 2 aromatic rings. The number of likely N-dealkylation sites (tertiary alicyclic amines) is 1. The van der Waals surface area contributed by atoms with E-state index in [1.807, 2.05) is 35.0 Å². The van der Waals surface area contributed by atoms with Crippen molar-refractivity contribution in [2.45, 2.75) is 31.8 Å². The molecule has 0 radical (unpaired) electrons. The molecule has 0 spiro atoms. The molecule has 1 fully saturated rings. The number of carbonyl (C=O) groups excluding carboxylic acids is 1. The van der Waals surface area contributed by atoms with E-state index in [0.29, 0.717) is 6.54 Å². The van der Waals surface area contributed by atoms with Gasteiger partial charge in [0.25, 0.3) is 0 Å². The summed E-state index contributed by atoms with van der Waals surface area (Å²) in [7, 11) is 0. The molecule has 1 aliphatic heterocycles. The van der Waals surface area contributed by atoms with Gasteiger partial charge in [-0.15, -0.1) is 0 Å². The maximum Gasteiger partial charge on any atom is 0.228 e. The van der Waals surface area contributed by atoms with E-state index in [1.54, 1.807) is 11.8 Å². The number of hydrogen-bond acceptors (Lipinski definition) is 3. The summed E-state index contributed by atoms with van der Waals surface area (Å²) in [6.45, 7) is 2.93. The van der Waals surface area contributed by atoms with Gasteiger partial charge in [0, 0.05) is 25.5 Å². The highest BCUT2D eigenvalue weighted by Crippen LogP contribution is 2.20. The molecule has 3 heterocycles. The van der Waals surface area contributed by atoms with Crippen LogP contribution in [0.5, 0.6) is 0 Å². The quantitative estimate of drug-likeness (QED) is 0.896. The Morgan fingerprint density at radius 3 is 3.10 bits per heavy atom. The van der Waals surface area contributed by atoms with Gasteiger partial charge in [-0.25, -0.2) is 4.98 Å². The minimum absolute atomic E-state index is 0.0355. The topological polar surface area (TPSA) is 57.8 Å². The fraction of sp³-hybridized carbons (Fsp3) is 0.467. The van der Waals surface area contributed by atoms with Crippen LogP contribution in [0.25, 0.3) is 5.65 Å². The fourth-order valence-corrected chi connectivity index (χ4v) is 2.77. The summed E-state index contributed by atoms with van der Waals surface area (Å²) in [5, 5.41) is 10.1. The zero-order valence-corrected chi connectivity index (χ0v) is 11.6. The Morgan fingerprint density at radius 1 is 1.50 bits per heavy atom. The van der Waals surface area contributed by atoms with E-state index >= 15 is 0 Å². The second-order valence-corrected chi connectivity index (χ2v) is 5.79. The van der Waals surface area contributed by atoms with Crippen LogP contribution in [-0.2, 0) is 11.2 Å². The lowest BCUT2D eigenvalue weighted by Crippen LogP contribution is -2.49. The molecule has 2 aromatic heterocycles. The van der Waals surface area contributed by atoms with Crippen molar-refractivity contribution >= 4 is 11.6 Å². The number of rotatable bonds is 2. The van der Waals surface area contributed by atoms with Gasteiger partial charge in [0.15, 0.2) is 0 Å². The molecule has 1 aliphatic rings. The van der Waals surface area contributed by atoms with Gasteiger partial charge >= 0.3 is 0 Å². The fourth-order valence-electron chi connectivity index (χ4n) is 2.77. The molecule has 20 heavy (non-hydrogen) atoms. The monoisotopic (exact) mass is 273 g/mol. The van der Waals surface area contributed by atoms with Crippen molar-refractivity contribution in [3.05, 3.63) is 36.3 Å². The first-order chi connectivity index (χ1) is 9.53. The minimum atomic E-state index is -0.757. The van der Waals surface area contributed by atoms with E-state index in [0.717, 1.165) is 30.7 Å². The van der Waals surface area contributed by atoms with Gasteiger partial charge in [-0.2, -0.15) is 0 Å². The van der Waals surface area contributed by atoms with Gasteiger partial charge in [0.05, 0.1) is 17.7 Å². The predicted octanol–water partition coefficient (Wildman–Crippen LogP) is 1.25. The molecule has 0 bridgehead atoms. The highest BCUT2D eigenvalue weighted by molar-refractivity contribution is 5.78. The van der Waals surface area contributed by atoms with E-state index in [9.17, 15) is 9.90 Å². The van der Waals surface area contributed by atoms with Crippen molar-refractivity contribution in [3.63, 3.8) is 0 Å². The molecular weight excluding hydrogens is 254 g/mol. The van der Waals surface area contributed by atoms with Crippen molar-refractivity contribution in [1.29, 1.82) is 0 Å². The van der Waals surface area contributed by atoms with Gasteiger partial charge in [0.1, 0.15) is 5.65 Å². The molecule has 1 atom stereocenters. The molecule has 106 valence electrons. The summed E-state index contributed by atoms with van der Waals surface area (Å²) in [6.07, 6.45) is 5.70. The zero-order chi connectivity index (χ0) is 14.2. The van der Waals surface area contributed by atoms with Gasteiger partial charge in [0.2, 0.25) is 5.91 Å². The van der Waals surface area contributed by atoms with Gasteiger partial charge in [-0.05, 0) is 31.9 Å². The van der Waals surface area contributed by atoms with Crippen LogP contribution >= 0.6 is 0 Å². The average Bonchev–Trinajstić information content (AvgIpc) is 2.79. The first-order valence-corrected chi connectivity index (χ1v) is 6.96. The Bertz CT molecular complexity index is 600. The van der Waals surface area contributed by atoms with Crippen molar-refractivity contribution in [3.8, 4) is 0 Å². The Balaban J connectivity index is 1.72. The predicted molar refractivity (Wildman–Crippen MR) is 75.3 cm³/mol. The third-order valence-corrected chi connectivity index (χ3v) is 3.77. The molecule has 5 nitrogen and oxygen atoms in total. The average molecular weight is 273 g/mol. The standard InChI is InChI=1S/C15H19N3O2/c1-15(20)6-4-8-18(11-15)14(19)9-12-10-17-7-3-2-5-13(17)16-12/h2-3,5,7,10,20H,4,6,8-9,11H2,1H3. The number of pyridine rings is 1. The maximum absolute atomic E-state index is 12.3. The molecule has 1 saturated heterocycles. The Kier molecular flexibility index (Phi) is 3.22. The summed E-state index contributed by atoms with van der Waals surface area (Å²) in [5.74, 6) is 0.0355. The van der Waals surface area contributed by atoms with Crippen molar-refractivity contribution in [2.24, 2.45) is 0 Å². The van der Waals surface area contributed by atoms with E-state index in [4.69, 9.17) is 0 Å². The summed E-state index contributed by atoms with van der Waals surface area (Å²) in [6, 6.07) is 5.78. The van der Waals surface area contributed by atoms with Crippen LogP contribution in [0.3, 0.4) is 0 Å². The number of β-amino-alcohol motifs (C(OH)–C–C–N with tert-alkyl or cyclic N) is 1. The van der Waals surface area contributed by atoms with Crippen molar-refractivity contribution in [2.75, 3.05) is 13.1 Å². The first-order valence-electron chi connectivity index (χ1n) is 6.96. The van der Waals surface area contributed by atoms with Gasteiger partial charge in [-0.3, -0.25) is 4.79 Å². The van der Waals surface area contributed by atoms with E-state index in [2.05, 4.69) is 4.98 Å². The van der Waals surface area contributed by atoms with Crippen LogP contribution in [0.2, 0.25) is 0 Å². The zero-order valence-electron chi connectivity index (χ0n) is 11.6. The summed E-state index contributed by atoms with van der Waals surface area (Å²) in [4.78, 5) is 18.5. The lowest BCUT2D eigenvalue weighted by molar-refractivity contribution is -0.136. The Morgan fingerprint density at radius 2 is 2.35 bits per heavy atom.